The van der Waals surface area contributed by atoms with Crippen LogP contribution in [0.25, 0.3) is 21.3 Å². The van der Waals surface area contributed by atoms with Crippen LogP contribution in [0.3, 0.4) is 0 Å². The molecular weight excluding hydrogens is 480 g/mol. The molecule has 0 aliphatic carbocycles. The molecule has 0 radical (unpaired) electrons. The number of anilines is 1. The van der Waals surface area contributed by atoms with E-state index in [0.29, 0.717) is 17.2 Å². The summed E-state index contributed by atoms with van der Waals surface area (Å²) in [5, 5.41) is 0.686. The average Bonchev–Trinajstić information content (AvgIpc) is 3.56. The van der Waals surface area contributed by atoms with Crippen molar-refractivity contribution in [2.75, 3.05) is 18.6 Å². The Hall–Kier alpha value is -3.68. The van der Waals surface area contributed by atoms with Crippen molar-refractivity contribution in [3.63, 3.8) is 0 Å². The third-order valence-corrected chi connectivity index (χ3v) is 6.70. The first-order valence-corrected chi connectivity index (χ1v) is 11.9. The fourth-order valence-corrected chi connectivity index (χ4v) is 4.86. The van der Waals surface area contributed by atoms with E-state index in [9.17, 15) is 4.79 Å². The summed E-state index contributed by atoms with van der Waals surface area (Å²) in [6.45, 7) is 1.32. The van der Waals surface area contributed by atoms with Crippen molar-refractivity contribution in [2.45, 2.75) is 13.0 Å². The van der Waals surface area contributed by atoms with Crippen LogP contribution in [0.15, 0.2) is 91.5 Å². The number of hydrogen-bond donors (Lipinski definition) is 0. The van der Waals surface area contributed by atoms with Crippen LogP contribution in [0.4, 0.5) is 5.13 Å². The molecule has 0 unspecified atom stereocenters. The number of imidazole rings is 1. The monoisotopic (exact) mass is 504 g/mol. The number of nitrogens with zero attached hydrogens (tertiary/aromatic N) is 4. The summed E-state index contributed by atoms with van der Waals surface area (Å²) in [5.41, 5.74) is 3.70. The van der Waals surface area contributed by atoms with Gasteiger partial charge in [0.25, 0.3) is 5.91 Å². The fourth-order valence-electron chi connectivity index (χ4n) is 3.84. The van der Waals surface area contributed by atoms with Gasteiger partial charge in [-0.15, -0.1) is 12.4 Å². The number of carbonyl (C=O) groups is 1. The predicted octanol–water partition coefficient (Wildman–Crippen LogP) is 6.33. The second-order valence-corrected chi connectivity index (χ2v) is 8.89. The molecule has 0 saturated heterocycles. The molecule has 6 nitrogen and oxygen atoms in total. The third kappa shape index (κ3) is 5.53. The van der Waals surface area contributed by atoms with E-state index < -0.39 is 0 Å². The number of ether oxygens (including phenoxy) is 1. The van der Waals surface area contributed by atoms with Gasteiger partial charge in [0.2, 0.25) is 0 Å². The van der Waals surface area contributed by atoms with Crippen molar-refractivity contribution in [3.05, 3.63) is 97.1 Å². The summed E-state index contributed by atoms with van der Waals surface area (Å²) in [4.78, 5) is 24.3. The van der Waals surface area contributed by atoms with Crippen molar-refractivity contribution in [1.82, 2.24) is 14.5 Å². The molecule has 5 aromatic rings. The van der Waals surface area contributed by atoms with Gasteiger partial charge in [0, 0.05) is 31.0 Å². The molecule has 178 valence electrons. The average molecular weight is 505 g/mol. The fraction of sp³-hybridized carbons (Fsp3) is 0.148. The molecule has 0 atom stereocenters. The first kappa shape index (κ1) is 24.4. The van der Waals surface area contributed by atoms with E-state index in [2.05, 4.69) is 17.1 Å². The lowest BCUT2D eigenvalue weighted by Crippen LogP contribution is -2.32. The van der Waals surface area contributed by atoms with E-state index in [0.717, 1.165) is 40.1 Å². The molecule has 0 N–H and O–H groups in total. The van der Waals surface area contributed by atoms with Gasteiger partial charge in [-0.05, 0) is 47.9 Å². The number of carbonyl (C=O) groups excluding carboxylic acids is 1. The molecule has 1 amide bonds. The van der Waals surface area contributed by atoms with Crippen LogP contribution in [0.2, 0.25) is 0 Å². The SMILES string of the molecule is COc1ccc2nc(N(CCCn3ccnc3)C(=O)c3ccc(-c4ccccc4)cc3)sc2c1.Cl. The third-order valence-electron chi connectivity index (χ3n) is 5.66. The lowest BCUT2D eigenvalue weighted by molar-refractivity contribution is 0.0986. The maximum Gasteiger partial charge on any atom is 0.260 e. The van der Waals surface area contributed by atoms with E-state index in [1.165, 1.54) is 11.3 Å². The van der Waals surface area contributed by atoms with Gasteiger partial charge < -0.3 is 9.30 Å². The Morgan fingerprint density at radius 2 is 1.80 bits per heavy atom. The molecule has 0 bridgehead atoms. The lowest BCUT2D eigenvalue weighted by Gasteiger charge is -2.20. The van der Waals surface area contributed by atoms with Gasteiger partial charge in [0.15, 0.2) is 5.13 Å². The Morgan fingerprint density at radius 1 is 1.03 bits per heavy atom. The molecule has 0 saturated carbocycles. The molecule has 2 heterocycles. The zero-order chi connectivity index (χ0) is 23.3. The van der Waals surface area contributed by atoms with Crippen LogP contribution in [-0.2, 0) is 6.54 Å². The topological polar surface area (TPSA) is 60.2 Å². The largest absolute Gasteiger partial charge is 0.497 e. The summed E-state index contributed by atoms with van der Waals surface area (Å²) in [5.74, 6) is 0.716. The molecule has 2 aromatic heterocycles. The highest BCUT2D eigenvalue weighted by atomic mass is 35.5. The predicted molar refractivity (Wildman–Crippen MR) is 144 cm³/mol. The van der Waals surface area contributed by atoms with Crippen molar-refractivity contribution in [2.24, 2.45) is 0 Å². The second-order valence-electron chi connectivity index (χ2n) is 7.88. The number of aryl methyl sites for hydroxylation is 1. The van der Waals surface area contributed by atoms with Gasteiger partial charge >= 0.3 is 0 Å². The molecule has 0 fully saturated rings. The number of thiazole rings is 1. The first-order valence-electron chi connectivity index (χ1n) is 11.1. The van der Waals surface area contributed by atoms with E-state index >= 15 is 0 Å². The summed E-state index contributed by atoms with van der Waals surface area (Å²) < 4.78 is 8.35. The Labute approximate surface area is 214 Å². The van der Waals surface area contributed by atoms with Crippen LogP contribution in [0, 0.1) is 0 Å². The van der Waals surface area contributed by atoms with Crippen LogP contribution in [-0.4, -0.2) is 34.1 Å². The van der Waals surface area contributed by atoms with Gasteiger partial charge in [0.1, 0.15) is 5.75 Å². The summed E-state index contributed by atoms with van der Waals surface area (Å²) >= 11 is 1.50. The molecule has 0 aliphatic heterocycles. The van der Waals surface area contributed by atoms with Gasteiger partial charge in [-0.3, -0.25) is 9.69 Å². The van der Waals surface area contributed by atoms with Crippen LogP contribution >= 0.6 is 23.7 Å². The highest BCUT2D eigenvalue weighted by Gasteiger charge is 2.21. The number of fused-ring (bicyclic) bond motifs is 1. The molecule has 5 rings (SSSR count). The zero-order valence-electron chi connectivity index (χ0n) is 19.2. The molecule has 0 spiro atoms. The van der Waals surface area contributed by atoms with E-state index in [4.69, 9.17) is 9.72 Å². The molecule has 0 aliphatic rings. The number of aromatic nitrogens is 3. The van der Waals surface area contributed by atoms with Crippen molar-refractivity contribution < 1.29 is 9.53 Å². The van der Waals surface area contributed by atoms with Crippen molar-refractivity contribution >= 4 is 45.0 Å². The molecule has 35 heavy (non-hydrogen) atoms. The van der Waals surface area contributed by atoms with E-state index in [1.807, 2.05) is 71.4 Å². The minimum atomic E-state index is -0.0590. The second kappa shape index (κ2) is 11.2. The van der Waals surface area contributed by atoms with Crippen LogP contribution in [0.1, 0.15) is 16.8 Å². The highest BCUT2D eigenvalue weighted by molar-refractivity contribution is 7.22. The lowest BCUT2D eigenvalue weighted by atomic mass is 10.0. The van der Waals surface area contributed by atoms with Crippen molar-refractivity contribution in [1.29, 1.82) is 0 Å². The Morgan fingerprint density at radius 3 is 2.51 bits per heavy atom. The number of hydrogen-bond acceptors (Lipinski definition) is 5. The quantitative estimate of drug-likeness (QED) is 0.248. The maximum absolute atomic E-state index is 13.6. The van der Waals surface area contributed by atoms with E-state index in [1.54, 1.807) is 24.5 Å². The van der Waals surface area contributed by atoms with Crippen LogP contribution in [0.5, 0.6) is 5.75 Å². The van der Waals surface area contributed by atoms with Crippen LogP contribution < -0.4 is 9.64 Å². The number of halogens is 1. The summed E-state index contributed by atoms with van der Waals surface area (Å²) in [6.07, 6.45) is 6.26. The standard InChI is InChI=1S/C27H24N4O2S.ClH/c1-33-23-12-13-24-25(18-23)34-27(29-24)31(16-5-15-30-17-14-28-19-30)26(32)22-10-8-21(9-11-22)20-6-3-2-4-7-20;/h2-4,6-14,17-19H,5,15-16H2,1H3;1H. The van der Waals surface area contributed by atoms with Gasteiger partial charge in [-0.2, -0.15) is 0 Å². The molecular formula is C27H25ClN4O2S. The zero-order valence-corrected chi connectivity index (χ0v) is 20.8. The summed E-state index contributed by atoms with van der Waals surface area (Å²) in [6, 6.07) is 23.7. The minimum absolute atomic E-state index is 0. The maximum atomic E-state index is 13.6. The Kier molecular flexibility index (Phi) is 7.80. The number of amides is 1. The van der Waals surface area contributed by atoms with Gasteiger partial charge in [-0.25, -0.2) is 9.97 Å². The smallest absolute Gasteiger partial charge is 0.260 e. The Balaban J connectivity index is 0.00000289. The molecule has 8 heteroatoms. The number of rotatable bonds is 8. The number of methoxy groups -OCH3 is 1. The van der Waals surface area contributed by atoms with Gasteiger partial charge in [0.05, 0.1) is 23.7 Å². The van der Waals surface area contributed by atoms with E-state index in [-0.39, 0.29) is 18.3 Å². The minimum Gasteiger partial charge on any atom is -0.497 e. The van der Waals surface area contributed by atoms with Gasteiger partial charge in [-0.1, -0.05) is 53.8 Å². The number of benzene rings is 3. The normalized spacial score (nSPS) is 10.7. The molecule has 3 aromatic carbocycles. The highest BCUT2D eigenvalue weighted by Crippen LogP contribution is 2.32. The Bertz CT molecular complexity index is 1390. The van der Waals surface area contributed by atoms with Crippen molar-refractivity contribution in [3.8, 4) is 16.9 Å². The summed E-state index contributed by atoms with van der Waals surface area (Å²) in [7, 11) is 1.65. The first-order chi connectivity index (χ1) is 16.7.